The fraction of sp³-hybridized carbons (Fsp3) is 0.636. The molecule has 1 unspecified atom stereocenters. The Labute approximate surface area is 101 Å². The smallest absolute Gasteiger partial charge is 0.152 e. The van der Waals surface area contributed by atoms with Crippen LogP contribution in [0, 0.1) is 6.92 Å². The summed E-state index contributed by atoms with van der Waals surface area (Å²) in [4.78, 5) is 2.56. The molecule has 2 heterocycles. The summed E-state index contributed by atoms with van der Waals surface area (Å²) in [5, 5.41) is 3.37. The minimum Gasteiger partial charge on any atom is -0.306 e. The molecule has 1 N–H and O–H groups in total. The minimum atomic E-state index is -2.81. The molecular weight excluding hydrogens is 242 g/mol. The van der Waals surface area contributed by atoms with Crippen LogP contribution in [0.2, 0.25) is 0 Å². The molecule has 1 aliphatic heterocycles. The highest BCUT2D eigenvalue weighted by molar-refractivity contribution is 7.91. The zero-order chi connectivity index (χ0) is 11.8. The van der Waals surface area contributed by atoms with Gasteiger partial charge in [0, 0.05) is 21.8 Å². The summed E-state index contributed by atoms with van der Waals surface area (Å²) in [6.07, 6.45) is 0.722. The van der Waals surface area contributed by atoms with Gasteiger partial charge in [-0.25, -0.2) is 8.42 Å². The first-order chi connectivity index (χ1) is 7.39. The van der Waals surface area contributed by atoms with Gasteiger partial charge < -0.3 is 5.32 Å². The van der Waals surface area contributed by atoms with E-state index in [1.54, 1.807) is 11.3 Å². The highest BCUT2D eigenvalue weighted by atomic mass is 32.2. The van der Waals surface area contributed by atoms with Gasteiger partial charge in [-0.05, 0) is 32.4 Å². The highest BCUT2D eigenvalue weighted by Gasteiger charge is 2.37. The lowest BCUT2D eigenvalue weighted by Crippen LogP contribution is -2.42. The molecule has 1 aliphatic rings. The summed E-state index contributed by atoms with van der Waals surface area (Å²) in [5.41, 5.74) is -0.239. The standard InChI is InChI=1S/C11H17NO2S2/c1-9-3-4-10(15-9)7-12-11(2)5-6-16(13,14)8-11/h3-4,12H,5-8H2,1-2H3. The van der Waals surface area contributed by atoms with Gasteiger partial charge in [-0.15, -0.1) is 11.3 Å². The first kappa shape index (κ1) is 12.1. The van der Waals surface area contributed by atoms with Gasteiger partial charge in [-0.2, -0.15) is 0 Å². The number of rotatable bonds is 3. The van der Waals surface area contributed by atoms with Crippen LogP contribution in [-0.4, -0.2) is 25.5 Å². The van der Waals surface area contributed by atoms with E-state index in [4.69, 9.17) is 0 Å². The Morgan fingerprint density at radius 2 is 2.25 bits per heavy atom. The SMILES string of the molecule is Cc1ccc(CNC2(C)CCS(=O)(=O)C2)s1. The fourth-order valence-corrected chi connectivity index (χ4v) is 4.98. The maximum Gasteiger partial charge on any atom is 0.152 e. The summed E-state index contributed by atoms with van der Waals surface area (Å²) >= 11 is 1.76. The Bertz CT molecular complexity index is 478. The minimum absolute atomic E-state index is 0.239. The van der Waals surface area contributed by atoms with E-state index in [0.717, 1.165) is 13.0 Å². The Morgan fingerprint density at radius 1 is 1.50 bits per heavy atom. The molecule has 1 fully saturated rings. The van der Waals surface area contributed by atoms with Crippen molar-refractivity contribution in [1.82, 2.24) is 5.32 Å². The van der Waals surface area contributed by atoms with Crippen LogP contribution in [0.15, 0.2) is 12.1 Å². The second kappa shape index (κ2) is 4.13. The Kier molecular flexibility index (Phi) is 3.11. The molecule has 90 valence electrons. The van der Waals surface area contributed by atoms with Crippen molar-refractivity contribution in [3.63, 3.8) is 0 Å². The topological polar surface area (TPSA) is 46.2 Å². The number of thiophene rings is 1. The third-order valence-electron chi connectivity index (χ3n) is 2.99. The quantitative estimate of drug-likeness (QED) is 0.899. The summed E-state index contributed by atoms with van der Waals surface area (Å²) in [6.45, 7) is 4.85. The van der Waals surface area contributed by atoms with Crippen LogP contribution < -0.4 is 5.32 Å². The molecular formula is C11H17NO2S2. The summed E-state index contributed by atoms with van der Waals surface area (Å²) in [6, 6.07) is 4.19. The van der Waals surface area contributed by atoms with Gasteiger partial charge in [0.25, 0.3) is 0 Å². The molecule has 0 saturated carbocycles. The van der Waals surface area contributed by atoms with Gasteiger partial charge >= 0.3 is 0 Å². The average molecular weight is 259 g/mol. The molecule has 1 saturated heterocycles. The van der Waals surface area contributed by atoms with Crippen LogP contribution >= 0.6 is 11.3 Å². The van der Waals surface area contributed by atoms with E-state index in [1.807, 2.05) is 6.92 Å². The van der Waals surface area contributed by atoms with Crippen molar-refractivity contribution in [2.75, 3.05) is 11.5 Å². The lowest BCUT2D eigenvalue weighted by atomic mass is 10.0. The van der Waals surface area contributed by atoms with Crippen molar-refractivity contribution in [3.8, 4) is 0 Å². The van der Waals surface area contributed by atoms with Crippen molar-refractivity contribution in [3.05, 3.63) is 21.9 Å². The predicted molar refractivity (Wildman–Crippen MR) is 67.6 cm³/mol. The molecule has 1 aromatic heterocycles. The van der Waals surface area contributed by atoms with Crippen molar-refractivity contribution in [1.29, 1.82) is 0 Å². The molecule has 0 amide bonds. The van der Waals surface area contributed by atoms with Crippen molar-refractivity contribution in [2.24, 2.45) is 0 Å². The highest BCUT2D eigenvalue weighted by Crippen LogP contribution is 2.24. The third kappa shape index (κ3) is 2.84. The molecule has 0 spiro atoms. The number of hydrogen-bond donors (Lipinski definition) is 1. The van der Waals surface area contributed by atoms with Gasteiger partial charge in [0.15, 0.2) is 9.84 Å². The van der Waals surface area contributed by atoms with Gasteiger partial charge in [-0.3, -0.25) is 0 Å². The van der Waals surface area contributed by atoms with Crippen LogP contribution in [0.5, 0.6) is 0 Å². The van der Waals surface area contributed by atoms with Crippen LogP contribution in [0.1, 0.15) is 23.1 Å². The Balaban J connectivity index is 1.96. The third-order valence-corrected chi connectivity index (χ3v) is 5.89. The largest absolute Gasteiger partial charge is 0.306 e. The number of sulfone groups is 1. The Morgan fingerprint density at radius 3 is 2.75 bits per heavy atom. The van der Waals surface area contributed by atoms with E-state index < -0.39 is 9.84 Å². The molecule has 1 aromatic rings. The van der Waals surface area contributed by atoms with E-state index in [9.17, 15) is 8.42 Å². The molecule has 0 aliphatic carbocycles. The molecule has 0 aromatic carbocycles. The first-order valence-electron chi connectivity index (χ1n) is 5.39. The zero-order valence-corrected chi connectivity index (χ0v) is 11.2. The number of nitrogens with one attached hydrogen (secondary N) is 1. The number of hydrogen-bond acceptors (Lipinski definition) is 4. The summed E-state index contributed by atoms with van der Waals surface area (Å²) in [7, 11) is -2.81. The van der Waals surface area contributed by atoms with E-state index >= 15 is 0 Å². The van der Waals surface area contributed by atoms with Crippen LogP contribution in [0.3, 0.4) is 0 Å². The van der Waals surface area contributed by atoms with E-state index in [2.05, 4.69) is 24.4 Å². The van der Waals surface area contributed by atoms with E-state index in [-0.39, 0.29) is 11.3 Å². The van der Waals surface area contributed by atoms with Crippen LogP contribution in [-0.2, 0) is 16.4 Å². The van der Waals surface area contributed by atoms with Gasteiger partial charge in [0.1, 0.15) is 0 Å². The van der Waals surface area contributed by atoms with Gasteiger partial charge in [0.2, 0.25) is 0 Å². The lowest BCUT2D eigenvalue weighted by Gasteiger charge is -2.23. The summed E-state index contributed by atoms with van der Waals surface area (Å²) in [5.74, 6) is 0.588. The molecule has 1 atom stereocenters. The van der Waals surface area contributed by atoms with Gasteiger partial charge in [0.05, 0.1) is 11.5 Å². The predicted octanol–water partition coefficient (Wildman–Crippen LogP) is 1.72. The fourth-order valence-electron chi connectivity index (χ4n) is 2.03. The lowest BCUT2D eigenvalue weighted by molar-refractivity contribution is 0.397. The average Bonchev–Trinajstić information content (AvgIpc) is 2.69. The van der Waals surface area contributed by atoms with Gasteiger partial charge in [-0.1, -0.05) is 0 Å². The number of aryl methyl sites for hydroxylation is 1. The molecule has 16 heavy (non-hydrogen) atoms. The van der Waals surface area contributed by atoms with Crippen LogP contribution in [0.4, 0.5) is 0 Å². The molecule has 2 rings (SSSR count). The summed E-state index contributed by atoms with van der Waals surface area (Å²) < 4.78 is 22.8. The zero-order valence-electron chi connectivity index (χ0n) is 9.62. The van der Waals surface area contributed by atoms with E-state index in [1.165, 1.54) is 9.75 Å². The molecule has 0 radical (unpaired) electrons. The van der Waals surface area contributed by atoms with Crippen LogP contribution in [0.25, 0.3) is 0 Å². The maximum atomic E-state index is 11.4. The normalized spacial score (nSPS) is 28.4. The molecule has 3 nitrogen and oxygen atoms in total. The van der Waals surface area contributed by atoms with Crippen molar-refractivity contribution >= 4 is 21.2 Å². The first-order valence-corrected chi connectivity index (χ1v) is 8.03. The second-order valence-corrected chi connectivity index (χ2v) is 8.33. The molecule has 5 heteroatoms. The monoisotopic (exact) mass is 259 g/mol. The second-order valence-electron chi connectivity index (χ2n) is 4.77. The maximum absolute atomic E-state index is 11.4. The van der Waals surface area contributed by atoms with Crippen molar-refractivity contribution in [2.45, 2.75) is 32.4 Å². The molecule has 0 bridgehead atoms. The Hall–Kier alpha value is -0.390. The van der Waals surface area contributed by atoms with E-state index in [0.29, 0.717) is 5.75 Å². The van der Waals surface area contributed by atoms with Crippen molar-refractivity contribution < 1.29 is 8.42 Å².